The molecule has 4 heteroatoms. The average Bonchev–Trinajstić information content (AvgIpc) is 2.90. The highest BCUT2D eigenvalue weighted by molar-refractivity contribution is 5.60. The molecule has 1 aromatic carbocycles. The van der Waals surface area contributed by atoms with Crippen LogP contribution in [0.25, 0.3) is 0 Å². The van der Waals surface area contributed by atoms with Gasteiger partial charge < -0.3 is 15.3 Å². The number of nitrogens with zero attached hydrogens (tertiary/aromatic N) is 2. The highest BCUT2D eigenvalue weighted by atomic mass is 16.3. The molecule has 0 spiro atoms. The third kappa shape index (κ3) is 3.29. The topological polar surface area (TPSA) is 48.4 Å². The van der Waals surface area contributed by atoms with Gasteiger partial charge in [-0.1, -0.05) is 17.7 Å². The Morgan fingerprint density at radius 1 is 1.28 bits per heavy atom. The predicted molar refractivity (Wildman–Crippen MR) is 101 cm³/mol. The molecule has 0 radical (unpaired) electrons. The van der Waals surface area contributed by atoms with Crippen LogP contribution in [0.2, 0.25) is 0 Å². The zero-order chi connectivity index (χ0) is 17.4. The van der Waals surface area contributed by atoms with Crippen LogP contribution in [0.5, 0.6) is 0 Å². The molecule has 4 rings (SSSR count). The van der Waals surface area contributed by atoms with Crippen LogP contribution >= 0.6 is 0 Å². The number of aliphatic hydroxyl groups is 1. The summed E-state index contributed by atoms with van der Waals surface area (Å²) in [6.07, 6.45) is 5.02. The molecule has 2 aliphatic heterocycles. The molecule has 132 valence electrons. The maximum Gasteiger partial charge on any atom is 0.0795 e. The van der Waals surface area contributed by atoms with E-state index in [0.717, 1.165) is 25.1 Å². The first-order chi connectivity index (χ1) is 12.1. The standard InChI is InChI=1S/C21H27N3O/c1-14-3-4-19-18(11-14)17-7-10-24(2)13-16(21(17)23-19)12-20(25)15-5-8-22-9-6-15/h3-6,8-9,11,16-17,20-21,23,25H,7,10,12-13H2,1-2H3. The van der Waals surface area contributed by atoms with Gasteiger partial charge in [0, 0.05) is 36.6 Å². The summed E-state index contributed by atoms with van der Waals surface area (Å²) in [6.45, 7) is 4.29. The Morgan fingerprint density at radius 3 is 2.88 bits per heavy atom. The van der Waals surface area contributed by atoms with Gasteiger partial charge in [-0.15, -0.1) is 0 Å². The van der Waals surface area contributed by atoms with E-state index in [0.29, 0.717) is 17.9 Å². The number of hydrogen-bond donors (Lipinski definition) is 2. The summed E-state index contributed by atoms with van der Waals surface area (Å²) in [7, 11) is 2.20. The SMILES string of the molecule is Cc1ccc2c(c1)C1CCN(C)CC(CC(O)c3ccncc3)C1N2. The van der Waals surface area contributed by atoms with Gasteiger partial charge in [0.25, 0.3) is 0 Å². The van der Waals surface area contributed by atoms with Crippen LogP contribution in [0, 0.1) is 12.8 Å². The third-order valence-corrected chi connectivity index (χ3v) is 5.85. The van der Waals surface area contributed by atoms with E-state index in [-0.39, 0.29) is 0 Å². The lowest BCUT2D eigenvalue weighted by Gasteiger charge is -2.29. The smallest absolute Gasteiger partial charge is 0.0795 e. The molecule has 2 aromatic rings. The first kappa shape index (κ1) is 16.6. The molecule has 25 heavy (non-hydrogen) atoms. The monoisotopic (exact) mass is 337 g/mol. The van der Waals surface area contributed by atoms with E-state index in [1.165, 1.54) is 23.2 Å². The minimum atomic E-state index is -0.438. The van der Waals surface area contributed by atoms with Crippen LogP contribution in [0.3, 0.4) is 0 Å². The zero-order valence-corrected chi connectivity index (χ0v) is 15.0. The van der Waals surface area contributed by atoms with Gasteiger partial charge >= 0.3 is 0 Å². The average molecular weight is 337 g/mol. The van der Waals surface area contributed by atoms with Crippen molar-refractivity contribution in [3.8, 4) is 0 Å². The molecule has 0 amide bonds. The van der Waals surface area contributed by atoms with E-state index in [1.54, 1.807) is 12.4 Å². The number of aryl methyl sites for hydroxylation is 1. The van der Waals surface area contributed by atoms with Crippen molar-refractivity contribution in [3.63, 3.8) is 0 Å². The van der Waals surface area contributed by atoms with Gasteiger partial charge in [-0.2, -0.15) is 0 Å². The third-order valence-electron chi connectivity index (χ3n) is 5.85. The summed E-state index contributed by atoms with van der Waals surface area (Å²) in [5.41, 5.74) is 5.04. The number of aromatic nitrogens is 1. The second kappa shape index (κ2) is 6.77. The van der Waals surface area contributed by atoms with Gasteiger partial charge in [0.2, 0.25) is 0 Å². The van der Waals surface area contributed by atoms with E-state index in [4.69, 9.17) is 0 Å². The molecule has 0 saturated carbocycles. The number of benzene rings is 1. The first-order valence-corrected chi connectivity index (χ1v) is 9.25. The second-order valence-electron chi connectivity index (χ2n) is 7.71. The number of hydrogen-bond acceptors (Lipinski definition) is 4. The summed E-state index contributed by atoms with van der Waals surface area (Å²) in [5, 5.41) is 14.5. The predicted octanol–water partition coefficient (Wildman–Crippen LogP) is 3.34. The Labute approximate surface area is 149 Å². The molecule has 1 saturated heterocycles. The van der Waals surface area contributed by atoms with Crippen LogP contribution in [-0.2, 0) is 0 Å². The lowest BCUT2D eigenvalue weighted by molar-refractivity contribution is 0.128. The fourth-order valence-electron chi connectivity index (χ4n) is 4.57. The molecular weight excluding hydrogens is 310 g/mol. The van der Waals surface area contributed by atoms with Gasteiger partial charge in [-0.25, -0.2) is 0 Å². The van der Waals surface area contributed by atoms with Crippen LogP contribution in [-0.4, -0.2) is 41.2 Å². The second-order valence-corrected chi connectivity index (χ2v) is 7.71. The number of anilines is 1. The largest absolute Gasteiger partial charge is 0.388 e. The lowest BCUT2D eigenvalue weighted by atomic mass is 9.82. The van der Waals surface area contributed by atoms with Crippen molar-refractivity contribution in [2.75, 3.05) is 25.5 Å². The van der Waals surface area contributed by atoms with Gasteiger partial charge in [0.15, 0.2) is 0 Å². The molecule has 0 aliphatic carbocycles. The fourth-order valence-corrected chi connectivity index (χ4v) is 4.57. The van der Waals surface area contributed by atoms with Gasteiger partial charge in [-0.05, 0) is 68.6 Å². The minimum Gasteiger partial charge on any atom is -0.388 e. The number of rotatable bonds is 3. The molecule has 4 unspecified atom stereocenters. The van der Waals surface area contributed by atoms with Gasteiger partial charge in [0.1, 0.15) is 0 Å². The molecule has 2 N–H and O–H groups in total. The highest BCUT2D eigenvalue weighted by Gasteiger charge is 2.40. The van der Waals surface area contributed by atoms with Crippen molar-refractivity contribution in [3.05, 3.63) is 59.4 Å². The highest BCUT2D eigenvalue weighted by Crippen LogP contribution is 2.44. The van der Waals surface area contributed by atoms with Crippen LogP contribution in [0.15, 0.2) is 42.7 Å². The fraction of sp³-hybridized carbons (Fsp3) is 0.476. The van der Waals surface area contributed by atoms with E-state index >= 15 is 0 Å². The summed E-state index contributed by atoms with van der Waals surface area (Å²) in [6, 6.07) is 11.0. The number of nitrogens with one attached hydrogen (secondary N) is 1. The Hall–Kier alpha value is -1.91. The van der Waals surface area contributed by atoms with Crippen molar-refractivity contribution in [2.45, 2.75) is 37.8 Å². The molecule has 1 fully saturated rings. The Kier molecular flexibility index (Phi) is 4.48. The lowest BCUT2D eigenvalue weighted by Crippen LogP contribution is -2.35. The molecule has 3 heterocycles. The van der Waals surface area contributed by atoms with Crippen molar-refractivity contribution in [1.82, 2.24) is 9.88 Å². The number of likely N-dealkylation sites (tertiary alicyclic amines) is 1. The number of aliphatic hydroxyl groups excluding tert-OH is 1. The van der Waals surface area contributed by atoms with Crippen molar-refractivity contribution >= 4 is 5.69 Å². The first-order valence-electron chi connectivity index (χ1n) is 9.25. The molecule has 4 nitrogen and oxygen atoms in total. The number of fused-ring (bicyclic) bond motifs is 3. The maximum absolute atomic E-state index is 10.8. The van der Waals surface area contributed by atoms with Crippen molar-refractivity contribution in [2.24, 2.45) is 5.92 Å². The van der Waals surface area contributed by atoms with Crippen LogP contribution in [0.1, 0.15) is 41.6 Å². The van der Waals surface area contributed by atoms with E-state index in [1.807, 2.05) is 12.1 Å². The Bertz CT molecular complexity index is 733. The van der Waals surface area contributed by atoms with Gasteiger partial charge in [-0.3, -0.25) is 4.98 Å². The quantitative estimate of drug-likeness (QED) is 0.902. The summed E-state index contributed by atoms with van der Waals surface area (Å²) in [4.78, 5) is 6.47. The van der Waals surface area contributed by atoms with Crippen molar-refractivity contribution in [1.29, 1.82) is 0 Å². The normalized spacial score (nSPS) is 27.1. The zero-order valence-electron chi connectivity index (χ0n) is 15.0. The van der Waals surface area contributed by atoms with Crippen LogP contribution in [0.4, 0.5) is 5.69 Å². The summed E-state index contributed by atoms with van der Waals surface area (Å²) < 4.78 is 0. The minimum absolute atomic E-state index is 0.401. The van der Waals surface area contributed by atoms with Crippen LogP contribution < -0.4 is 5.32 Å². The Morgan fingerprint density at radius 2 is 2.08 bits per heavy atom. The van der Waals surface area contributed by atoms with Crippen molar-refractivity contribution < 1.29 is 5.11 Å². The molecule has 1 aromatic heterocycles. The van der Waals surface area contributed by atoms with E-state index in [9.17, 15) is 5.11 Å². The van der Waals surface area contributed by atoms with Gasteiger partial charge in [0.05, 0.1) is 6.10 Å². The molecule has 2 aliphatic rings. The maximum atomic E-state index is 10.8. The molecule has 0 bridgehead atoms. The summed E-state index contributed by atoms with van der Waals surface area (Å²) >= 11 is 0. The summed E-state index contributed by atoms with van der Waals surface area (Å²) in [5.74, 6) is 0.947. The Balaban J connectivity index is 1.59. The molecular formula is C21H27N3O. The van der Waals surface area contributed by atoms with E-state index in [2.05, 4.69) is 47.4 Å². The number of pyridine rings is 1. The molecule has 4 atom stereocenters. The van der Waals surface area contributed by atoms with E-state index < -0.39 is 6.10 Å².